The minimum Gasteiger partial charge on any atom is -0.381 e. The van der Waals surface area contributed by atoms with Crippen LogP contribution in [0.1, 0.15) is 5.56 Å². The van der Waals surface area contributed by atoms with Gasteiger partial charge in [0.2, 0.25) is 0 Å². The summed E-state index contributed by atoms with van der Waals surface area (Å²) in [6.07, 6.45) is 1.29. The standard InChI is InChI=1S/C11H10ClN5O2S/c1-17-6-10(11(14)15-17)20(18,19)16-8-3-2-7(5-13)9(12)4-8/h2-4,6,16H,1H3,(H2,14,15). The van der Waals surface area contributed by atoms with Crippen LogP contribution in [0.4, 0.5) is 11.5 Å². The molecule has 2 aromatic rings. The number of benzene rings is 1. The lowest BCUT2D eigenvalue weighted by Gasteiger charge is -2.07. The molecule has 0 saturated heterocycles. The molecule has 3 N–H and O–H groups in total. The van der Waals surface area contributed by atoms with E-state index in [1.807, 2.05) is 6.07 Å². The smallest absolute Gasteiger partial charge is 0.267 e. The Labute approximate surface area is 120 Å². The van der Waals surface area contributed by atoms with Gasteiger partial charge in [-0.2, -0.15) is 10.4 Å². The monoisotopic (exact) mass is 311 g/mol. The molecule has 0 atom stereocenters. The summed E-state index contributed by atoms with van der Waals surface area (Å²) in [4.78, 5) is -0.125. The van der Waals surface area contributed by atoms with Crippen molar-refractivity contribution in [2.24, 2.45) is 7.05 Å². The third-order valence-electron chi connectivity index (χ3n) is 2.45. The second-order valence-electron chi connectivity index (χ2n) is 3.96. The summed E-state index contributed by atoms with van der Waals surface area (Å²) in [7, 11) is -2.30. The van der Waals surface area contributed by atoms with Crippen LogP contribution in [-0.2, 0) is 17.1 Å². The molecule has 20 heavy (non-hydrogen) atoms. The van der Waals surface area contributed by atoms with E-state index < -0.39 is 10.0 Å². The topological polar surface area (TPSA) is 114 Å². The van der Waals surface area contributed by atoms with Crippen LogP contribution in [0.15, 0.2) is 29.3 Å². The lowest BCUT2D eigenvalue weighted by molar-refractivity contribution is 0.601. The zero-order valence-corrected chi connectivity index (χ0v) is 11.9. The zero-order chi connectivity index (χ0) is 14.9. The number of hydrogen-bond donors (Lipinski definition) is 2. The second kappa shape index (κ2) is 5.03. The molecule has 1 aromatic heterocycles. The summed E-state index contributed by atoms with van der Waals surface area (Å²) in [5.41, 5.74) is 6.03. The lowest BCUT2D eigenvalue weighted by atomic mass is 10.2. The molecule has 0 spiro atoms. The highest BCUT2D eigenvalue weighted by atomic mass is 35.5. The maximum atomic E-state index is 12.1. The first-order valence-corrected chi connectivity index (χ1v) is 7.21. The van der Waals surface area contributed by atoms with Crippen molar-refractivity contribution in [3.05, 3.63) is 35.0 Å². The van der Waals surface area contributed by atoms with Crippen molar-refractivity contribution in [2.45, 2.75) is 4.90 Å². The molecule has 1 aromatic carbocycles. The van der Waals surface area contributed by atoms with Crippen LogP contribution >= 0.6 is 11.6 Å². The summed E-state index contributed by atoms with van der Waals surface area (Å²) in [6.45, 7) is 0. The van der Waals surface area contributed by atoms with Crippen molar-refractivity contribution in [1.29, 1.82) is 5.26 Å². The molecule has 0 bridgehead atoms. The molecule has 0 radical (unpaired) electrons. The molecule has 1 heterocycles. The number of nitrogens with zero attached hydrogens (tertiary/aromatic N) is 3. The van der Waals surface area contributed by atoms with E-state index in [1.165, 1.54) is 29.1 Å². The van der Waals surface area contributed by atoms with Crippen molar-refractivity contribution in [3.63, 3.8) is 0 Å². The number of aromatic nitrogens is 2. The molecular formula is C11H10ClN5O2S. The Morgan fingerprint density at radius 1 is 1.50 bits per heavy atom. The third kappa shape index (κ3) is 2.68. The Balaban J connectivity index is 2.36. The van der Waals surface area contributed by atoms with Gasteiger partial charge >= 0.3 is 0 Å². The molecule has 0 aliphatic carbocycles. The number of aryl methyl sites for hydroxylation is 1. The Bertz CT molecular complexity index is 807. The van der Waals surface area contributed by atoms with Crippen LogP contribution in [0.25, 0.3) is 0 Å². The van der Waals surface area contributed by atoms with Gasteiger partial charge < -0.3 is 5.73 Å². The van der Waals surface area contributed by atoms with E-state index in [9.17, 15) is 8.42 Å². The van der Waals surface area contributed by atoms with Crippen molar-refractivity contribution in [3.8, 4) is 6.07 Å². The number of rotatable bonds is 3. The normalized spacial score (nSPS) is 11.1. The molecule has 7 nitrogen and oxygen atoms in total. The number of nitrogens with two attached hydrogens (primary N) is 1. The van der Waals surface area contributed by atoms with E-state index in [0.717, 1.165) is 0 Å². The summed E-state index contributed by atoms with van der Waals surface area (Å²) >= 11 is 5.84. The molecule has 9 heteroatoms. The largest absolute Gasteiger partial charge is 0.381 e. The molecule has 0 saturated carbocycles. The SMILES string of the molecule is Cn1cc(S(=O)(=O)Nc2ccc(C#N)c(Cl)c2)c(N)n1. The first-order chi connectivity index (χ1) is 9.33. The molecule has 0 aliphatic heterocycles. The van der Waals surface area contributed by atoms with Crippen LogP contribution < -0.4 is 10.5 Å². The van der Waals surface area contributed by atoms with Crippen molar-refractivity contribution < 1.29 is 8.42 Å². The van der Waals surface area contributed by atoms with E-state index >= 15 is 0 Å². The summed E-state index contributed by atoms with van der Waals surface area (Å²) in [5, 5.41) is 12.7. The van der Waals surface area contributed by atoms with Crippen LogP contribution in [-0.4, -0.2) is 18.2 Å². The maximum absolute atomic E-state index is 12.1. The van der Waals surface area contributed by atoms with E-state index in [-0.39, 0.29) is 27.0 Å². The van der Waals surface area contributed by atoms with Crippen LogP contribution in [0, 0.1) is 11.3 Å². The number of nitrogen functional groups attached to an aromatic ring is 1. The lowest BCUT2D eigenvalue weighted by Crippen LogP contribution is -2.14. The maximum Gasteiger partial charge on any atom is 0.267 e. The van der Waals surface area contributed by atoms with E-state index in [1.54, 1.807) is 7.05 Å². The van der Waals surface area contributed by atoms with Gasteiger partial charge in [-0.1, -0.05) is 11.6 Å². The highest BCUT2D eigenvalue weighted by Crippen LogP contribution is 2.24. The Kier molecular flexibility index (Phi) is 3.57. The van der Waals surface area contributed by atoms with Gasteiger partial charge in [0.05, 0.1) is 16.3 Å². The molecule has 0 fully saturated rings. The molecule has 0 amide bonds. The van der Waals surface area contributed by atoms with Gasteiger partial charge in [0.15, 0.2) is 5.82 Å². The number of nitriles is 1. The van der Waals surface area contributed by atoms with Crippen LogP contribution in [0.5, 0.6) is 0 Å². The first-order valence-electron chi connectivity index (χ1n) is 5.35. The van der Waals surface area contributed by atoms with Gasteiger partial charge in [0, 0.05) is 13.2 Å². The predicted molar refractivity (Wildman–Crippen MR) is 74.6 cm³/mol. The predicted octanol–water partition coefficient (Wildman–Crippen LogP) is 1.33. The number of nitrogens with one attached hydrogen (secondary N) is 1. The highest BCUT2D eigenvalue weighted by Gasteiger charge is 2.21. The Morgan fingerprint density at radius 2 is 2.20 bits per heavy atom. The quantitative estimate of drug-likeness (QED) is 0.887. The average molecular weight is 312 g/mol. The molecule has 2 rings (SSSR count). The van der Waals surface area contributed by atoms with Crippen molar-refractivity contribution >= 4 is 33.1 Å². The van der Waals surface area contributed by atoms with Gasteiger partial charge in [0.25, 0.3) is 10.0 Å². The summed E-state index contributed by atoms with van der Waals surface area (Å²) in [6, 6.07) is 6.10. The fourth-order valence-corrected chi connectivity index (χ4v) is 2.95. The molecule has 0 unspecified atom stereocenters. The minimum atomic E-state index is -3.86. The second-order valence-corrected chi connectivity index (χ2v) is 6.02. The summed E-state index contributed by atoms with van der Waals surface area (Å²) in [5.74, 6) is -0.0975. The fraction of sp³-hybridized carbons (Fsp3) is 0.0909. The van der Waals surface area contributed by atoms with Crippen molar-refractivity contribution in [2.75, 3.05) is 10.5 Å². The molecule has 0 aliphatic rings. The number of hydrogen-bond acceptors (Lipinski definition) is 5. The highest BCUT2D eigenvalue weighted by molar-refractivity contribution is 7.92. The average Bonchev–Trinajstić information content (AvgIpc) is 2.69. The van der Waals surface area contributed by atoms with E-state index in [4.69, 9.17) is 22.6 Å². The third-order valence-corrected chi connectivity index (χ3v) is 4.16. The van der Waals surface area contributed by atoms with Crippen molar-refractivity contribution in [1.82, 2.24) is 9.78 Å². The van der Waals surface area contributed by atoms with E-state index in [0.29, 0.717) is 0 Å². The van der Waals surface area contributed by atoms with E-state index in [2.05, 4.69) is 9.82 Å². The molecular weight excluding hydrogens is 302 g/mol. The number of sulfonamides is 1. The summed E-state index contributed by atoms with van der Waals surface area (Å²) < 4.78 is 27.9. The zero-order valence-electron chi connectivity index (χ0n) is 10.3. The first kappa shape index (κ1) is 14.2. The number of anilines is 2. The van der Waals surface area contributed by atoms with Gasteiger partial charge in [-0.05, 0) is 18.2 Å². The van der Waals surface area contributed by atoms with Gasteiger partial charge in [-0.15, -0.1) is 0 Å². The number of halogens is 1. The van der Waals surface area contributed by atoms with Gasteiger partial charge in [-0.3, -0.25) is 9.40 Å². The van der Waals surface area contributed by atoms with Gasteiger partial charge in [-0.25, -0.2) is 8.42 Å². The fourth-order valence-electron chi connectivity index (χ4n) is 1.57. The minimum absolute atomic E-state index is 0.0975. The van der Waals surface area contributed by atoms with Gasteiger partial charge in [0.1, 0.15) is 11.0 Å². The van der Waals surface area contributed by atoms with Crippen LogP contribution in [0.3, 0.4) is 0 Å². The van der Waals surface area contributed by atoms with Crippen LogP contribution in [0.2, 0.25) is 5.02 Å². The molecule has 104 valence electrons. The Morgan fingerprint density at radius 3 is 2.70 bits per heavy atom. The Hall–Kier alpha value is -2.24.